The number of ether oxygens (including phenoxy) is 3. The largest absolute Gasteiger partial charge is 0.494 e. The average molecular weight is 385 g/mol. The molecule has 0 aliphatic carbocycles. The van der Waals surface area contributed by atoms with E-state index < -0.39 is 18.0 Å². The molecule has 2 aromatic carbocycles. The SMILES string of the molecule is COc1cc2cc(c1F)C(C)OC(=O)NCCCOc1ccc3[nH]nc-2c3c1. The van der Waals surface area contributed by atoms with Crippen molar-refractivity contribution in [2.24, 2.45) is 0 Å². The van der Waals surface area contributed by atoms with Crippen LogP contribution < -0.4 is 14.8 Å². The number of amides is 1. The Hall–Kier alpha value is -3.29. The number of nitrogens with zero attached hydrogens (tertiary/aromatic N) is 1. The molecule has 0 radical (unpaired) electrons. The van der Waals surface area contributed by atoms with Gasteiger partial charge in [-0.3, -0.25) is 5.10 Å². The fraction of sp³-hybridized carbons (Fsp3) is 0.300. The summed E-state index contributed by atoms with van der Waals surface area (Å²) >= 11 is 0. The molecule has 0 saturated heterocycles. The molecule has 4 rings (SSSR count). The number of halogens is 1. The Balaban J connectivity index is 1.90. The lowest BCUT2D eigenvalue weighted by molar-refractivity contribution is 0.104. The molecule has 3 aromatic rings. The molecule has 1 aliphatic rings. The molecule has 0 saturated carbocycles. The van der Waals surface area contributed by atoms with E-state index in [1.165, 1.54) is 7.11 Å². The number of benzene rings is 2. The lowest BCUT2D eigenvalue weighted by atomic mass is 10.0. The molecule has 146 valence electrons. The molecular weight excluding hydrogens is 365 g/mol. The maximum Gasteiger partial charge on any atom is 0.407 e. The van der Waals surface area contributed by atoms with Gasteiger partial charge in [-0.15, -0.1) is 0 Å². The summed E-state index contributed by atoms with van der Waals surface area (Å²) in [6.07, 6.45) is -0.819. The summed E-state index contributed by atoms with van der Waals surface area (Å²) in [6.45, 7) is 2.44. The minimum absolute atomic E-state index is 0.0521. The zero-order valence-electron chi connectivity index (χ0n) is 15.5. The van der Waals surface area contributed by atoms with Crippen LogP contribution in [0.25, 0.3) is 22.2 Å². The monoisotopic (exact) mass is 385 g/mol. The number of H-pyrrole nitrogens is 1. The highest BCUT2D eigenvalue weighted by molar-refractivity contribution is 5.94. The predicted molar refractivity (Wildman–Crippen MR) is 101 cm³/mol. The third kappa shape index (κ3) is 3.33. The van der Waals surface area contributed by atoms with Crippen molar-refractivity contribution in [3.63, 3.8) is 0 Å². The summed E-state index contributed by atoms with van der Waals surface area (Å²) in [5.74, 6) is 0.172. The van der Waals surface area contributed by atoms with E-state index in [9.17, 15) is 9.18 Å². The molecule has 2 N–H and O–H groups in total. The summed E-state index contributed by atoms with van der Waals surface area (Å²) in [7, 11) is 1.39. The van der Waals surface area contributed by atoms with Crippen LogP contribution in [-0.2, 0) is 4.74 Å². The Morgan fingerprint density at radius 2 is 2.14 bits per heavy atom. The Morgan fingerprint density at radius 1 is 1.29 bits per heavy atom. The molecule has 4 bridgehead atoms. The number of fused-ring (bicyclic) bond motifs is 4. The lowest BCUT2D eigenvalue weighted by Gasteiger charge is -2.17. The van der Waals surface area contributed by atoms with Crippen molar-refractivity contribution in [1.29, 1.82) is 0 Å². The molecule has 7 nitrogen and oxygen atoms in total. The predicted octanol–water partition coefficient (Wildman–Crippen LogP) is 3.95. The quantitative estimate of drug-likeness (QED) is 0.663. The summed E-state index contributed by atoms with van der Waals surface area (Å²) in [6, 6.07) is 8.82. The zero-order valence-corrected chi connectivity index (χ0v) is 15.5. The Bertz CT molecular complexity index is 1030. The second-order valence-electron chi connectivity index (χ2n) is 6.54. The van der Waals surface area contributed by atoms with Gasteiger partial charge in [-0.25, -0.2) is 9.18 Å². The van der Waals surface area contributed by atoms with Gasteiger partial charge in [0.2, 0.25) is 0 Å². The molecule has 1 amide bonds. The number of cyclic esters (lactones) is 1. The molecule has 28 heavy (non-hydrogen) atoms. The van der Waals surface area contributed by atoms with Crippen LogP contribution in [-0.4, -0.2) is 36.6 Å². The first-order chi connectivity index (χ1) is 13.6. The molecule has 8 heteroatoms. The third-order valence-corrected chi connectivity index (χ3v) is 4.68. The number of rotatable bonds is 1. The highest BCUT2D eigenvalue weighted by Crippen LogP contribution is 2.36. The fourth-order valence-corrected chi connectivity index (χ4v) is 3.22. The van der Waals surface area contributed by atoms with Gasteiger partial charge in [-0.05, 0) is 43.7 Å². The number of nitrogens with one attached hydrogen (secondary N) is 2. The minimum atomic E-state index is -0.809. The number of hydrogen-bond donors (Lipinski definition) is 2. The van der Waals surface area contributed by atoms with Crippen LogP contribution in [0.2, 0.25) is 0 Å². The maximum atomic E-state index is 14.9. The van der Waals surface area contributed by atoms with Gasteiger partial charge in [-0.1, -0.05) is 0 Å². The smallest absolute Gasteiger partial charge is 0.407 e. The Kier molecular flexibility index (Phi) is 4.77. The number of aromatic amines is 1. The number of carbonyl (C=O) groups excluding carboxylic acids is 1. The van der Waals surface area contributed by atoms with Crippen molar-refractivity contribution >= 4 is 17.0 Å². The Morgan fingerprint density at radius 3 is 2.96 bits per heavy atom. The average Bonchev–Trinajstić information content (AvgIpc) is 3.10. The van der Waals surface area contributed by atoms with E-state index in [-0.39, 0.29) is 11.3 Å². The van der Waals surface area contributed by atoms with E-state index in [1.54, 1.807) is 19.1 Å². The molecule has 1 aliphatic heterocycles. The first kappa shape index (κ1) is 18.1. The topological polar surface area (TPSA) is 85.5 Å². The summed E-state index contributed by atoms with van der Waals surface area (Å²) in [4.78, 5) is 12.0. The number of carbonyl (C=O) groups is 1. The maximum absolute atomic E-state index is 14.9. The van der Waals surface area contributed by atoms with Gasteiger partial charge in [0.05, 0.1) is 19.2 Å². The van der Waals surface area contributed by atoms with Crippen molar-refractivity contribution < 1.29 is 23.4 Å². The van der Waals surface area contributed by atoms with E-state index in [2.05, 4.69) is 15.5 Å². The molecule has 1 aromatic heterocycles. The lowest BCUT2D eigenvalue weighted by Crippen LogP contribution is -2.27. The molecule has 0 spiro atoms. The van der Waals surface area contributed by atoms with Crippen molar-refractivity contribution in [3.8, 4) is 22.8 Å². The van der Waals surface area contributed by atoms with Crippen LogP contribution >= 0.6 is 0 Å². The zero-order chi connectivity index (χ0) is 19.7. The van der Waals surface area contributed by atoms with Crippen molar-refractivity contribution in [2.75, 3.05) is 20.3 Å². The first-order valence-corrected chi connectivity index (χ1v) is 9.00. The van der Waals surface area contributed by atoms with Crippen LogP contribution in [0.3, 0.4) is 0 Å². The van der Waals surface area contributed by atoms with E-state index >= 15 is 0 Å². The number of alkyl carbamates (subject to hydrolysis) is 1. The highest BCUT2D eigenvalue weighted by atomic mass is 19.1. The van der Waals surface area contributed by atoms with Crippen LogP contribution in [0.4, 0.5) is 9.18 Å². The normalized spacial score (nSPS) is 17.2. The summed E-state index contributed by atoms with van der Waals surface area (Å²) in [5, 5.41) is 10.9. The van der Waals surface area contributed by atoms with Gasteiger partial charge in [0.1, 0.15) is 17.5 Å². The number of hydrogen-bond acceptors (Lipinski definition) is 5. The van der Waals surface area contributed by atoms with Crippen LogP contribution in [0, 0.1) is 5.82 Å². The third-order valence-electron chi connectivity index (χ3n) is 4.68. The molecule has 2 heterocycles. The van der Waals surface area contributed by atoms with Crippen molar-refractivity contribution in [1.82, 2.24) is 15.5 Å². The van der Waals surface area contributed by atoms with Crippen LogP contribution in [0.1, 0.15) is 25.0 Å². The van der Waals surface area contributed by atoms with Gasteiger partial charge >= 0.3 is 6.09 Å². The summed E-state index contributed by atoms with van der Waals surface area (Å²) < 4.78 is 31.2. The van der Waals surface area contributed by atoms with Crippen LogP contribution in [0.5, 0.6) is 11.5 Å². The van der Waals surface area contributed by atoms with Crippen molar-refractivity contribution in [3.05, 3.63) is 41.7 Å². The van der Waals surface area contributed by atoms with Gasteiger partial charge in [0.15, 0.2) is 11.6 Å². The van der Waals surface area contributed by atoms with E-state index in [1.807, 2.05) is 18.2 Å². The van der Waals surface area contributed by atoms with Crippen molar-refractivity contribution in [2.45, 2.75) is 19.4 Å². The number of methoxy groups -OCH3 is 1. The second kappa shape index (κ2) is 7.38. The van der Waals surface area contributed by atoms with Crippen LogP contribution in [0.15, 0.2) is 30.3 Å². The molecular formula is C20H20FN3O4. The van der Waals surface area contributed by atoms with Gasteiger partial charge in [-0.2, -0.15) is 5.10 Å². The summed E-state index contributed by atoms with van der Waals surface area (Å²) in [5.41, 5.74) is 2.31. The first-order valence-electron chi connectivity index (χ1n) is 9.00. The fourth-order valence-electron chi connectivity index (χ4n) is 3.22. The number of aromatic nitrogens is 2. The van der Waals surface area contributed by atoms with E-state index in [0.29, 0.717) is 36.6 Å². The molecule has 1 unspecified atom stereocenters. The standard InChI is InChI=1S/C20H20FN3O4/c1-11-14-8-12(9-17(26-2)18(14)21)19-15-10-13(4-5-16(15)23-24-19)27-7-3-6-22-20(25)28-11/h4-5,8-11H,3,6-7H2,1-2H3,(H,22,25)(H,23,24). The highest BCUT2D eigenvalue weighted by Gasteiger charge is 2.22. The van der Waals surface area contributed by atoms with Gasteiger partial charge in [0.25, 0.3) is 0 Å². The molecule has 1 atom stereocenters. The minimum Gasteiger partial charge on any atom is -0.494 e. The second-order valence-corrected chi connectivity index (χ2v) is 6.54. The molecule has 0 fully saturated rings. The van der Waals surface area contributed by atoms with Gasteiger partial charge < -0.3 is 19.5 Å². The van der Waals surface area contributed by atoms with E-state index in [4.69, 9.17) is 14.2 Å². The Labute approximate surface area is 160 Å². The van der Waals surface area contributed by atoms with E-state index in [0.717, 1.165) is 10.9 Å². The van der Waals surface area contributed by atoms with Gasteiger partial charge in [0, 0.05) is 23.1 Å².